The standard InChI is InChI=1S/C18H23N3OS/c1-14-7-11-23-17(14)13-21(12-16-4-2-3-8-20-16)18(22)15-5-9-19-10-6-15/h2-4,7-8,11,15,19H,5-6,9-10,12-13H2,1H3. The second-order valence-electron chi connectivity index (χ2n) is 6.07. The largest absolute Gasteiger partial charge is 0.331 e. The van der Waals surface area contributed by atoms with Gasteiger partial charge in [-0.15, -0.1) is 11.3 Å². The van der Waals surface area contributed by atoms with Crippen molar-refractivity contribution in [2.24, 2.45) is 5.92 Å². The minimum atomic E-state index is 0.139. The quantitative estimate of drug-likeness (QED) is 0.917. The highest BCUT2D eigenvalue weighted by molar-refractivity contribution is 7.10. The SMILES string of the molecule is Cc1ccsc1CN(Cc1ccccn1)C(=O)C1CCNCC1. The number of carbonyl (C=O) groups is 1. The normalized spacial score (nSPS) is 15.5. The van der Waals surface area contributed by atoms with E-state index in [1.54, 1.807) is 17.5 Å². The lowest BCUT2D eigenvalue weighted by Crippen LogP contribution is -2.40. The summed E-state index contributed by atoms with van der Waals surface area (Å²) in [6, 6.07) is 8.00. The number of amides is 1. The highest BCUT2D eigenvalue weighted by Crippen LogP contribution is 2.22. The molecular weight excluding hydrogens is 306 g/mol. The van der Waals surface area contributed by atoms with Crippen LogP contribution in [0.15, 0.2) is 35.8 Å². The summed E-state index contributed by atoms with van der Waals surface area (Å²) >= 11 is 1.73. The summed E-state index contributed by atoms with van der Waals surface area (Å²) in [5, 5.41) is 5.43. The Balaban J connectivity index is 1.77. The minimum absolute atomic E-state index is 0.139. The molecule has 1 aliphatic rings. The van der Waals surface area contributed by atoms with Crippen molar-refractivity contribution < 1.29 is 4.79 Å². The Kier molecular flexibility index (Phi) is 5.41. The highest BCUT2D eigenvalue weighted by Gasteiger charge is 2.26. The average Bonchev–Trinajstić information content (AvgIpc) is 3.00. The van der Waals surface area contributed by atoms with Crippen LogP contribution in [0, 0.1) is 12.8 Å². The Morgan fingerprint density at radius 3 is 2.78 bits per heavy atom. The number of carbonyl (C=O) groups excluding carboxylic acids is 1. The van der Waals surface area contributed by atoms with Gasteiger partial charge in [-0.05, 0) is 62.0 Å². The van der Waals surface area contributed by atoms with Crippen LogP contribution in [0.4, 0.5) is 0 Å². The molecule has 3 heterocycles. The molecule has 1 saturated heterocycles. The highest BCUT2D eigenvalue weighted by atomic mass is 32.1. The zero-order valence-corrected chi connectivity index (χ0v) is 14.3. The molecule has 2 aromatic heterocycles. The Labute approximate surface area is 141 Å². The molecule has 0 atom stereocenters. The van der Waals surface area contributed by atoms with E-state index in [0.29, 0.717) is 13.1 Å². The molecule has 23 heavy (non-hydrogen) atoms. The van der Waals surface area contributed by atoms with E-state index >= 15 is 0 Å². The molecular formula is C18H23N3OS. The van der Waals surface area contributed by atoms with E-state index in [9.17, 15) is 4.79 Å². The van der Waals surface area contributed by atoms with E-state index in [0.717, 1.165) is 31.6 Å². The van der Waals surface area contributed by atoms with Crippen LogP contribution in [0.5, 0.6) is 0 Å². The van der Waals surface area contributed by atoms with Gasteiger partial charge in [-0.2, -0.15) is 0 Å². The molecule has 1 N–H and O–H groups in total. The van der Waals surface area contributed by atoms with Crippen LogP contribution in [0.2, 0.25) is 0 Å². The molecule has 0 aliphatic carbocycles. The lowest BCUT2D eigenvalue weighted by atomic mass is 9.96. The van der Waals surface area contributed by atoms with Crippen LogP contribution in [0.1, 0.15) is 29.0 Å². The fourth-order valence-electron chi connectivity index (χ4n) is 2.97. The van der Waals surface area contributed by atoms with Crippen molar-refractivity contribution in [2.45, 2.75) is 32.9 Å². The predicted octanol–water partition coefficient (Wildman–Crippen LogP) is 2.98. The van der Waals surface area contributed by atoms with Gasteiger partial charge >= 0.3 is 0 Å². The van der Waals surface area contributed by atoms with Gasteiger partial charge in [0, 0.05) is 17.0 Å². The molecule has 0 radical (unpaired) electrons. The number of hydrogen-bond donors (Lipinski definition) is 1. The number of rotatable bonds is 5. The molecule has 1 fully saturated rings. The molecule has 122 valence electrons. The lowest BCUT2D eigenvalue weighted by Gasteiger charge is -2.29. The number of thiophene rings is 1. The van der Waals surface area contributed by atoms with E-state index in [1.807, 2.05) is 23.1 Å². The zero-order chi connectivity index (χ0) is 16.1. The van der Waals surface area contributed by atoms with Crippen LogP contribution in [-0.2, 0) is 17.9 Å². The van der Waals surface area contributed by atoms with E-state index in [-0.39, 0.29) is 11.8 Å². The summed E-state index contributed by atoms with van der Waals surface area (Å²) in [5.74, 6) is 0.408. The number of pyridine rings is 1. The van der Waals surface area contributed by atoms with Gasteiger partial charge in [0.1, 0.15) is 0 Å². The van der Waals surface area contributed by atoms with Crippen LogP contribution < -0.4 is 5.32 Å². The first-order valence-corrected chi connectivity index (χ1v) is 9.04. The second-order valence-corrected chi connectivity index (χ2v) is 7.07. The molecule has 2 aromatic rings. The van der Waals surface area contributed by atoms with E-state index in [2.05, 4.69) is 28.7 Å². The van der Waals surface area contributed by atoms with Gasteiger partial charge in [-0.25, -0.2) is 0 Å². The third-order valence-corrected chi connectivity index (χ3v) is 5.39. The Morgan fingerprint density at radius 2 is 2.13 bits per heavy atom. The fraction of sp³-hybridized carbons (Fsp3) is 0.444. The van der Waals surface area contributed by atoms with Crippen molar-refractivity contribution >= 4 is 17.2 Å². The van der Waals surface area contributed by atoms with Gasteiger partial charge < -0.3 is 10.2 Å². The first-order valence-electron chi connectivity index (χ1n) is 8.16. The number of aromatic nitrogens is 1. The molecule has 4 nitrogen and oxygen atoms in total. The summed E-state index contributed by atoms with van der Waals surface area (Å²) < 4.78 is 0. The van der Waals surface area contributed by atoms with Crippen molar-refractivity contribution in [3.63, 3.8) is 0 Å². The molecule has 1 amide bonds. The van der Waals surface area contributed by atoms with E-state index in [1.165, 1.54) is 10.4 Å². The lowest BCUT2D eigenvalue weighted by molar-refractivity contribution is -0.137. The molecule has 3 rings (SSSR count). The second kappa shape index (κ2) is 7.70. The van der Waals surface area contributed by atoms with Crippen LogP contribution >= 0.6 is 11.3 Å². The third-order valence-electron chi connectivity index (χ3n) is 4.38. The maximum Gasteiger partial charge on any atom is 0.226 e. The number of aryl methyl sites for hydroxylation is 1. The van der Waals surface area contributed by atoms with Gasteiger partial charge in [0.05, 0.1) is 18.8 Å². The van der Waals surface area contributed by atoms with Crippen molar-refractivity contribution in [3.05, 3.63) is 52.0 Å². The molecule has 0 spiro atoms. The summed E-state index contributed by atoms with van der Waals surface area (Å²) in [4.78, 5) is 20.7. The maximum absolute atomic E-state index is 13.0. The summed E-state index contributed by atoms with van der Waals surface area (Å²) in [7, 11) is 0. The molecule has 1 aliphatic heterocycles. The molecule has 0 aromatic carbocycles. The smallest absolute Gasteiger partial charge is 0.226 e. The predicted molar refractivity (Wildman–Crippen MR) is 93.1 cm³/mol. The van der Waals surface area contributed by atoms with Gasteiger partial charge in [0.25, 0.3) is 0 Å². The van der Waals surface area contributed by atoms with Gasteiger partial charge in [0.2, 0.25) is 5.91 Å². The monoisotopic (exact) mass is 329 g/mol. The molecule has 0 saturated carbocycles. The van der Waals surface area contributed by atoms with Crippen molar-refractivity contribution in [2.75, 3.05) is 13.1 Å². The third kappa shape index (κ3) is 4.18. The van der Waals surface area contributed by atoms with Gasteiger partial charge in [0.15, 0.2) is 0 Å². The van der Waals surface area contributed by atoms with Crippen molar-refractivity contribution in [3.8, 4) is 0 Å². The Hall–Kier alpha value is -1.72. The summed E-state index contributed by atoms with van der Waals surface area (Å²) in [5.41, 5.74) is 2.21. The summed E-state index contributed by atoms with van der Waals surface area (Å²) in [6.45, 7) is 5.25. The van der Waals surface area contributed by atoms with Crippen LogP contribution in [0.3, 0.4) is 0 Å². The van der Waals surface area contributed by atoms with E-state index in [4.69, 9.17) is 0 Å². The summed E-state index contributed by atoms with van der Waals surface area (Å²) in [6.07, 6.45) is 3.65. The van der Waals surface area contributed by atoms with Crippen LogP contribution in [0.25, 0.3) is 0 Å². The molecule has 0 unspecified atom stereocenters. The molecule has 0 bridgehead atoms. The minimum Gasteiger partial charge on any atom is -0.331 e. The number of nitrogens with zero attached hydrogens (tertiary/aromatic N) is 2. The Morgan fingerprint density at radius 1 is 1.30 bits per heavy atom. The number of hydrogen-bond acceptors (Lipinski definition) is 4. The average molecular weight is 329 g/mol. The zero-order valence-electron chi connectivity index (χ0n) is 13.5. The Bertz CT molecular complexity index is 635. The van der Waals surface area contributed by atoms with Gasteiger partial charge in [-0.3, -0.25) is 9.78 Å². The fourth-order valence-corrected chi connectivity index (χ4v) is 3.89. The molecule has 5 heteroatoms. The number of piperidine rings is 1. The topological polar surface area (TPSA) is 45.2 Å². The van der Waals surface area contributed by atoms with Crippen molar-refractivity contribution in [1.29, 1.82) is 0 Å². The maximum atomic E-state index is 13.0. The van der Waals surface area contributed by atoms with Crippen LogP contribution in [-0.4, -0.2) is 28.9 Å². The first kappa shape index (κ1) is 16.1. The first-order chi connectivity index (χ1) is 11.2. The van der Waals surface area contributed by atoms with Gasteiger partial charge in [-0.1, -0.05) is 6.07 Å². The van der Waals surface area contributed by atoms with E-state index < -0.39 is 0 Å². The van der Waals surface area contributed by atoms with Crippen molar-refractivity contribution in [1.82, 2.24) is 15.2 Å². The number of nitrogens with one attached hydrogen (secondary N) is 1.